The van der Waals surface area contributed by atoms with Gasteiger partial charge in [0.1, 0.15) is 0 Å². The summed E-state index contributed by atoms with van der Waals surface area (Å²) < 4.78 is 0. The summed E-state index contributed by atoms with van der Waals surface area (Å²) in [7, 11) is 0. The van der Waals surface area contributed by atoms with Crippen LogP contribution in [0.1, 0.15) is 18.1 Å². The van der Waals surface area contributed by atoms with Gasteiger partial charge in [-0.2, -0.15) is 0 Å². The molecule has 0 radical (unpaired) electrons. The Bertz CT molecular complexity index is 573. The number of nitrogens with two attached hydrogens (primary N) is 1. The molecule has 0 aliphatic carbocycles. The van der Waals surface area contributed by atoms with Gasteiger partial charge in [-0.05, 0) is 45.0 Å². The Morgan fingerprint density at radius 2 is 1.14 bits per heavy atom. The van der Waals surface area contributed by atoms with Gasteiger partial charge >= 0.3 is 0 Å². The highest BCUT2D eigenvalue weighted by Crippen LogP contribution is 2.26. The van der Waals surface area contributed by atoms with E-state index >= 15 is 0 Å². The van der Waals surface area contributed by atoms with Gasteiger partial charge in [-0.15, -0.1) is 0 Å². The molecule has 0 unspecified atom stereocenters. The highest BCUT2D eigenvalue weighted by molar-refractivity contribution is 5.55. The summed E-state index contributed by atoms with van der Waals surface area (Å²) in [5.41, 5.74) is 11.3. The van der Waals surface area contributed by atoms with E-state index in [1.54, 1.807) is 0 Å². The number of hydrogen-bond donors (Lipinski definition) is 1. The third-order valence-corrected chi connectivity index (χ3v) is 4.24. The standard InChI is InChI=1S/C19H25N3/c1-15-4-8-17(9-5-15)21-12-19(3,20)13-22(14-21)18-10-6-16(2)7-11-18/h4-11H,12-14,20H2,1-3H3. The molecule has 1 heterocycles. The van der Waals surface area contributed by atoms with Crippen molar-refractivity contribution >= 4 is 11.4 Å². The van der Waals surface area contributed by atoms with Crippen LogP contribution in [0.2, 0.25) is 0 Å². The van der Waals surface area contributed by atoms with Gasteiger partial charge < -0.3 is 15.5 Å². The maximum atomic E-state index is 6.51. The molecule has 22 heavy (non-hydrogen) atoms. The minimum absolute atomic E-state index is 0.228. The molecule has 2 N–H and O–H groups in total. The van der Waals surface area contributed by atoms with Crippen LogP contribution in [-0.2, 0) is 0 Å². The summed E-state index contributed by atoms with van der Waals surface area (Å²) in [6, 6.07) is 17.4. The lowest BCUT2D eigenvalue weighted by Gasteiger charge is -2.46. The van der Waals surface area contributed by atoms with Crippen molar-refractivity contribution in [2.45, 2.75) is 26.3 Å². The van der Waals surface area contributed by atoms with E-state index in [9.17, 15) is 0 Å². The summed E-state index contributed by atoms with van der Waals surface area (Å²) in [4.78, 5) is 4.73. The van der Waals surface area contributed by atoms with Crippen molar-refractivity contribution in [2.75, 3.05) is 29.6 Å². The fourth-order valence-electron chi connectivity index (χ4n) is 3.09. The average molecular weight is 295 g/mol. The highest BCUT2D eigenvalue weighted by Gasteiger charge is 2.32. The molecule has 1 aliphatic heterocycles. The third kappa shape index (κ3) is 3.25. The molecule has 3 heteroatoms. The number of nitrogens with zero attached hydrogens (tertiary/aromatic N) is 2. The Morgan fingerprint density at radius 1 is 0.773 bits per heavy atom. The molecule has 0 aromatic heterocycles. The summed E-state index contributed by atoms with van der Waals surface area (Å²) in [5, 5.41) is 0. The first kappa shape index (κ1) is 14.9. The van der Waals surface area contributed by atoms with Crippen molar-refractivity contribution in [3.05, 3.63) is 59.7 Å². The Hall–Kier alpha value is -2.00. The van der Waals surface area contributed by atoms with Crippen LogP contribution < -0.4 is 15.5 Å². The minimum atomic E-state index is -0.228. The molecule has 0 bridgehead atoms. The zero-order valence-corrected chi connectivity index (χ0v) is 13.7. The number of hydrogen-bond acceptors (Lipinski definition) is 3. The maximum absolute atomic E-state index is 6.51. The normalized spacial score (nSPS) is 17.6. The average Bonchev–Trinajstić information content (AvgIpc) is 2.47. The van der Waals surface area contributed by atoms with Crippen LogP contribution in [0.3, 0.4) is 0 Å². The second-order valence-corrected chi connectivity index (χ2v) is 6.86. The van der Waals surface area contributed by atoms with Gasteiger partial charge in [0.05, 0.1) is 6.67 Å². The van der Waals surface area contributed by atoms with E-state index in [4.69, 9.17) is 5.73 Å². The number of anilines is 2. The SMILES string of the molecule is Cc1ccc(N2CN(c3ccc(C)cc3)CC(C)(N)C2)cc1. The quantitative estimate of drug-likeness (QED) is 0.922. The van der Waals surface area contributed by atoms with E-state index in [0.29, 0.717) is 0 Å². The molecule has 116 valence electrons. The number of rotatable bonds is 2. The van der Waals surface area contributed by atoms with Gasteiger partial charge in [-0.25, -0.2) is 0 Å². The number of benzene rings is 2. The monoisotopic (exact) mass is 295 g/mol. The second-order valence-electron chi connectivity index (χ2n) is 6.86. The lowest BCUT2D eigenvalue weighted by molar-refractivity contribution is 0.412. The van der Waals surface area contributed by atoms with Crippen molar-refractivity contribution in [1.82, 2.24) is 0 Å². The summed E-state index contributed by atoms with van der Waals surface area (Å²) in [5.74, 6) is 0. The minimum Gasteiger partial charge on any atom is -0.352 e. The maximum Gasteiger partial charge on any atom is 0.0904 e. The van der Waals surface area contributed by atoms with Crippen molar-refractivity contribution in [3.63, 3.8) is 0 Å². The summed E-state index contributed by atoms with van der Waals surface area (Å²) >= 11 is 0. The van der Waals surface area contributed by atoms with E-state index in [2.05, 4.69) is 79.1 Å². The zero-order valence-electron chi connectivity index (χ0n) is 13.7. The molecule has 1 aliphatic rings. The van der Waals surface area contributed by atoms with E-state index in [1.165, 1.54) is 22.5 Å². The van der Waals surface area contributed by atoms with Crippen molar-refractivity contribution in [2.24, 2.45) is 5.73 Å². The van der Waals surface area contributed by atoms with Gasteiger partial charge in [-0.3, -0.25) is 0 Å². The molecule has 1 fully saturated rings. The van der Waals surface area contributed by atoms with Gasteiger partial charge in [0, 0.05) is 30.0 Å². The molecule has 2 aromatic rings. The van der Waals surface area contributed by atoms with Gasteiger partial charge in [0.2, 0.25) is 0 Å². The fraction of sp³-hybridized carbons (Fsp3) is 0.368. The first-order valence-electron chi connectivity index (χ1n) is 7.85. The molecule has 3 nitrogen and oxygen atoms in total. The van der Waals surface area contributed by atoms with Crippen molar-refractivity contribution in [1.29, 1.82) is 0 Å². The van der Waals surface area contributed by atoms with Crippen LogP contribution >= 0.6 is 0 Å². The van der Waals surface area contributed by atoms with Gasteiger partial charge in [-0.1, -0.05) is 35.4 Å². The first-order valence-corrected chi connectivity index (χ1v) is 7.85. The molecule has 0 atom stereocenters. The lowest BCUT2D eigenvalue weighted by Crippen LogP contribution is -2.63. The van der Waals surface area contributed by atoms with Crippen LogP contribution in [0.25, 0.3) is 0 Å². The van der Waals surface area contributed by atoms with Gasteiger partial charge in [0.25, 0.3) is 0 Å². The van der Waals surface area contributed by atoms with Crippen molar-refractivity contribution < 1.29 is 0 Å². The van der Waals surface area contributed by atoms with E-state index in [-0.39, 0.29) is 5.54 Å². The molecule has 0 spiro atoms. The Labute approximate surface area is 133 Å². The Balaban J connectivity index is 1.86. The van der Waals surface area contributed by atoms with E-state index in [0.717, 1.165) is 19.8 Å². The predicted octanol–water partition coefficient (Wildman–Crippen LogP) is 3.30. The van der Waals surface area contributed by atoms with Gasteiger partial charge in [0.15, 0.2) is 0 Å². The molecule has 0 saturated carbocycles. The lowest BCUT2D eigenvalue weighted by atomic mass is 9.99. The van der Waals surface area contributed by atoms with E-state index < -0.39 is 0 Å². The molecular weight excluding hydrogens is 270 g/mol. The largest absolute Gasteiger partial charge is 0.352 e. The Kier molecular flexibility index (Phi) is 3.83. The van der Waals surface area contributed by atoms with E-state index in [1.807, 2.05) is 0 Å². The summed E-state index contributed by atoms with van der Waals surface area (Å²) in [6.45, 7) is 8.99. The molecule has 1 saturated heterocycles. The fourth-order valence-corrected chi connectivity index (χ4v) is 3.09. The molecular formula is C19H25N3. The second kappa shape index (κ2) is 5.65. The smallest absolute Gasteiger partial charge is 0.0904 e. The summed E-state index contributed by atoms with van der Waals surface area (Å²) in [6.07, 6.45) is 0. The molecule has 2 aromatic carbocycles. The first-order chi connectivity index (χ1) is 10.4. The van der Waals surface area contributed by atoms with Crippen LogP contribution in [0.15, 0.2) is 48.5 Å². The van der Waals surface area contributed by atoms with Crippen LogP contribution in [0.5, 0.6) is 0 Å². The van der Waals surface area contributed by atoms with Crippen LogP contribution in [0, 0.1) is 13.8 Å². The Morgan fingerprint density at radius 3 is 1.50 bits per heavy atom. The third-order valence-electron chi connectivity index (χ3n) is 4.24. The van der Waals surface area contributed by atoms with Crippen LogP contribution in [-0.4, -0.2) is 25.3 Å². The number of aryl methyl sites for hydroxylation is 2. The predicted molar refractivity (Wildman–Crippen MR) is 94.5 cm³/mol. The topological polar surface area (TPSA) is 32.5 Å². The van der Waals surface area contributed by atoms with Crippen LogP contribution in [0.4, 0.5) is 11.4 Å². The molecule has 0 amide bonds. The highest BCUT2D eigenvalue weighted by atomic mass is 15.4. The van der Waals surface area contributed by atoms with Crippen molar-refractivity contribution in [3.8, 4) is 0 Å². The zero-order chi connectivity index (χ0) is 15.7. The molecule has 3 rings (SSSR count).